The zero-order chi connectivity index (χ0) is 12.3. The van der Waals surface area contributed by atoms with E-state index in [-0.39, 0.29) is 5.69 Å². The van der Waals surface area contributed by atoms with Gasteiger partial charge in [-0.1, -0.05) is 6.07 Å². The van der Waals surface area contributed by atoms with E-state index in [0.29, 0.717) is 6.54 Å². The molecule has 6 nitrogen and oxygen atoms in total. The summed E-state index contributed by atoms with van der Waals surface area (Å²) >= 11 is 0. The summed E-state index contributed by atoms with van der Waals surface area (Å²) in [7, 11) is 0. The molecule has 0 saturated carbocycles. The van der Waals surface area contributed by atoms with E-state index in [4.69, 9.17) is 0 Å². The molecule has 0 aliphatic heterocycles. The summed E-state index contributed by atoms with van der Waals surface area (Å²) in [5.41, 5.74) is 2.74. The summed E-state index contributed by atoms with van der Waals surface area (Å²) in [6.07, 6.45) is 3.30. The Bertz CT molecular complexity index is 522. The number of nitro benzene ring substituents is 1. The molecule has 0 fully saturated rings. The van der Waals surface area contributed by atoms with Crippen molar-refractivity contribution in [2.75, 3.05) is 5.32 Å². The molecule has 2 rings (SSSR count). The quantitative estimate of drug-likeness (QED) is 0.625. The number of H-pyrrole nitrogens is 1. The van der Waals surface area contributed by atoms with Crippen molar-refractivity contribution in [1.29, 1.82) is 0 Å². The van der Waals surface area contributed by atoms with Crippen LogP contribution in [0.5, 0.6) is 0 Å². The van der Waals surface area contributed by atoms with Crippen LogP contribution < -0.4 is 5.32 Å². The zero-order valence-electron chi connectivity index (χ0n) is 9.30. The van der Waals surface area contributed by atoms with E-state index in [0.717, 1.165) is 16.9 Å². The molecule has 0 bridgehead atoms. The highest BCUT2D eigenvalue weighted by molar-refractivity contribution is 5.56. The largest absolute Gasteiger partial charge is 0.379 e. The van der Waals surface area contributed by atoms with Gasteiger partial charge in [-0.25, -0.2) is 4.98 Å². The van der Waals surface area contributed by atoms with Crippen LogP contribution in [-0.4, -0.2) is 14.9 Å². The van der Waals surface area contributed by atoms with Crippen molar-refractivity contribution in [2.24, 2.45) is 0 Å². The van der Waals surface area contributed by atoms with E-state index in [2.05, 4.69) is 15.3 Å². The second-order valence-electron chi connectivity index (χ2n) is 3.69. The summed E-state index contributed by atoms with van der Waals surface area (Å²) in [5, 5.41) is 13.8. The molecule has 0 radical (unpaired) electrons. The first-order valence-electron chi connectivity index (χ1n) is 5.13. The second-order valence-corrected chi connectivity index (χ2v) is 3.69. The smallest absolute Gasteiger partial charge is 0.271 e. The zero-order valence-corrected chi connectivity index (χ0v) is 9.30. The van der Waals surface area contributed by atoms with Crippen LogP contribution in [0.1, 0.15) is 11.3 Å². The number of non-ortho nitro benzene ring substituents is 1. The minimum absolute atomic E-state index is 0.0858. The minimum atomic E-state index is -0.402. The Labute approximate surface area is 97.9 Å². The molecule has 1 aromatic heterocycles. The number of hydrogen-bond acceptors (Lipinski definition) is 4. The van der Waals surface area contributed by atoms with Crippen LogP contribution in [0.2, 0.25) is 0 Å². The molecule has 0 spiro atoms. The van der Waals surface area contributed by atoms with Crippen LogP contribution in [0.3, 0.4) is 0 Å². The molecular weight excluding hydrogens is 220 g/mol. The van der Waals surface area contributed by atoms with E-state index < -0.39 is 4.92 Å². The highest BCUT2D eigenvalue weighted by Gasteiger charge is 2.08. The SMILES string of the molecule is Cc1ccc([N+](=O)[O-])cc1NCc1cnc[nH]1. The predicted octanol–water partition coefficient (Wildman–Crippen LogP) is 2.24. The maximum atomic E-state index is 10.7. The molecule has 0 saturated heterocycles. The lowest BCUT2D eigenvalue weighted by molar-refractivity contribution is -0.384. The molecule has 0 atom stereocenters. The number of nitro groups is 1. The third-order valence-electron chi connectivity index (χ3n) is 2.46. The number of aromatic nitrogens is 2. The lowest BCUT2D eigenvalue weighted by Gasteiger charge is -2.07. The van der Waals surface area contributed by atoms with E-state index >= 15 is 0 Å². The van der Waals surface area contributed by atoms with Gasteiger partial charge in [-0.05, 0) is 12.5 Å². The van der Waals surface area contributed by atoms with Crippen LogP contribution >= 0.6 is 0 Å². The first-order valence-corrected chi connectivity index (χ1v) is 5.13. The number of aryl methyl sites for hydroxylation is 1. The highest BCUT2D eigenvalue weighted by atomic mass is 16.6. The van der Waals surface area contributed by atoms with Crippen LogP contribution in [0.25, 0.3) is 0 Å². The molecule has 0 amide bonds. The summed E-state index contributed by atoms with van der Waals surface area (Å²) in [6.45, 7) is 2.46. The molecule has 2 aromatic rings. The Kier molecular flexibility index (Phi) is 3.04. The Hall–Kier alpha value is -2.37. The van der Waals surface area contributed by atoms with Gasteiger partial charge in [-0.2, -0.15) is 0 Å². The molecule has 1 aromatic carbocycles. The monoisotopic (exact) mass is 232 g/mol. The second kappa shape index (κ2) is 4.65. The third-order valence-corrected chi connectivity index (χ3v) is 2.46. The van der Waals surface area contributed by atoms with Gasteiger partial charge >= 0.3 is 0 Å². The molecule has 1 heterocycles. The molecule has 6 heteroatoms. The van der Waals surface area contributed by atoms with Crippen molar-refractivity contribution >= 4 is 11.4 Å². The molecule has 0 aliphatic carbocycles. The lowest BCUT2D eigenvalue weighted by atomic mass is 10.2. The number of nitrogens with zero attached hydrogens (tertiary/aromatic N) is 2. The number of imidazole rings is 1. The Morgan fingerprint density at radius 3 is 3.00 bits per heavy atom. The van der Waals surface area contributed by atoms with Crippen molar-refractivity contribution in [2.45, 2.75) is 13.5 Å². The van der Waals surface area contributed by atoms with Crippen molar-refractivity contribution < 1.29 is 4.92 Å². The normalized spacial score (nSPS) is 10.2. The fraction of sp³-hybridized carbons (Fsp3) is 0.182. The van der Waals surface area contributed by atoms with Crippen LogP contribution in [-0.2, 0) is 6.54 Å². The topological polar surface area (TPSA) is 83.8 Å². The van der Waals surface area contributed by atoms with Gasteiger partial charge in [0.15, 0.2) is 0 Å². The van der Waals surface area contributed by atoms with E-state index in [1.165, 1.54) is 12.1 Å². The summed E-state index contributed by atoms with van der Waals surface area (Å²) in [6, 6.07) is 4.76. The van der Waals surface area contributed by atoms with Crippen molar-refractivity contribution in [3.05, 3.63) is 52.1 Å². The third kappa shape index (κ3) is 2.60. The fourth-order valence-electron chi connectivity index (χ4n) is 1.49. The number of hydrogen-bond donors (Lipinski definition) is 2. The lowest BCUT2D eigenvalue weighted by Crippen LogP contribution is -2.02. The van der Waals surface area contributed by atoms with Crippen molar-refractivity contribution in [1.82, 2.24) is 9.97 Å². The maximum absolute atomic E-state index is 10.7. The number of rotatable bonds is 4. The summed E-state index contributed by atoms with van der Waals surface area (Å²) in [5.74, 6) is 0. The van der Waals surface area contributed by atoms with Crippen LogP contribution in [0.15, 0.2) is 30.7 Å². The molecule has 88 valence electrons. The standard InChI is InChI=1S/C11H12N4O2/c1-8-2-3-10(15(16)17)4-11(8)13-6-9-5-12-7-14-9/h2-5,7,13H,6H2,1H3,(H,12,14). The van der Waals surface area contributed by atoms with Crippen LogP contribution in [0, 0.1) is 17.0 Å². The van der Waals surface area contributed by atoms with E-state index in [9.17, 15) is 10.1 Å². The average Bonchev–Trinajstić information content (AvgIpc) is 2.80. The van der Waals surface area contributed by atoms with Gasteiger partial charge in [0.1, 0.15) is 0 Å². The van der Waals surface area contributed by atoms with Gasteiger partial charge < -0.3 is 10.3 Å². The van der Waals surface area contributed by atoms with Gasteiger partial charge in [0, 0.05) is 24.0 Å². The Morgan fingerprint density at radius 2 is 2.35 bits per heavy atom. The first-order chi connectivity index (χ1) is 8.16. The number of benzene rings is 1. The average molecular weight is 232 g/mol. The minimum Gasteiger partial charge on any atom is -0.379 e. The van der Waals surface area contributed by atoms with Gasteiger partial charge in [0.25, 0.3) is 5.69 Å². The molecule has 2 N–H and O–H groups in total. The number of nitrogens with one attached hydrogen (secondary N) is 2. The van der Waals surface area contributed by atoms with E-state index in [1.54, 1.807) is 18.6 Å². The first kappa shape index (κ1) is 11.1. The van der Waals surface area contributed by atoms with Crippen molar-refractivity contribution in [3.8, 4) is 0 Å². The molecular formula is C11H12N4O2. The van der Waals surface area contributed by atoms with Gasteiger partial charge in [-0.3, -0.25) is 10.1 Å². The number of aromatic amines is 1. The van der Waals surface area contributed by atoms with Gasteiger partial charge in [0.2, 0.25) is 0 Å². The summed E-state index contributed by atoms with van der Waals surface area (Å²) in [4.78, 5) is 17.1. The predicted molar refractivity (Wildman–Crippen MR) is 63.7 cm³/mol. The summed E-state index contributed by atoms with van der Waals surface area (Å²) < 4.78 is 0. The van der Waals surface area contributed by atoms with Gasteiger partial charge in [0.05, 0.1) is 23.5 Å². The number of anilines is 1. The van der Waals surface area contributed by atoms with Crippen LogP contribution in [0.4, 0.5) is 11.4 Å². The fourth-order valence-corrected chi connectivity index (χ4v) is 1.49. The Balaban J connectivity index is 2.14. The van der Waals surface area contributed by atoms with E-state index in [1.807, 2.05) is 6.92 Å². The molecule has 0 aliphatic rings. The highest BCUT2D eigenvalue weighted by Crippen LogP contribution is 2.22. The van der Waals surface area contributed by atoms with Crippen molar-refractivity contribution in [3.63, 3.8) is 0 Å². The Morgan fingerprint density at radius 1 is 1.53 bits per heavy atom. The molecule has 0 unspecified atom stereocenters. The molecule has 17 heavy (non-hydrogen) atoms. The maximum Gasteiger partial charge on any atom is 0.271 e. The van der Waals surface area contributed by atoms with Gasteiger partial charge in [-0.15, -0.1) is 0 Å².